The summed E-state index contributed by atoms with van der Waals surface area (Å²) >= 11 is 0. The van der Waals surface area contributed by atoms with Crippen molar-refractivity contribution in [3.63, 3.8) is 0 Å². The van der Waals surface area contributed by atoms with Crippen LogP contribution in [0, 0.1) is 0 Å². The highest BCUT2D eigenvalue weighted by molar-refractivity contribution is 5.90. The van der Waals surface area contributed by atoms with Gasteiger partial charge in [0, 0.05) is 18.7 Å². The highest BCUT2D eigenvalue weighted by Crippen LogP contribution is 2.23. The fraction of sp³-hybridized carbons (Fsp3) is 0.316. The molecule has 3 rings (SSSR count). The third-order valence-electron chi connectivity index (χ3n) is 4.25. The van der Waals surface area contributed by atoms with Crippen LogP contribution in [0.5, 0.6) is 5.75 Å². The summed E-state index contributed by atoms with van der Waals surface area (Å²) in [4.78, 5) is 12.7. The maximum Gasteiger partial charge on any atom is 0.200 e. The Hall–Kier alpha value is -2.37. The summed E-state index contributed by atoms with van der Waals surface area (Å²) in [5, 5.41) is 13.6. The van der Waals surface area contributed by atoms with Crippen molar-refractivity contribution in [3.8, 4) is 5.75 Å². The largest absolute Gasteiger partial charge is 0.497 e. The molecule has 24 heavy (non-hydrogen) atoms. The van der Waals surface area contributed by atoms with Gasteiger partial charge < -0.3 is 19.6 Å². The Bertz CT molecular complexity index is 912. The van der Waals surface area contributed by atoms with E-state index in [1.165, 1.54) is 0 Å². The summed E-state index contributed by atoms with van der Waals surface area (Å²) < 4.78 is 11.0. The molecule has 0 saturated carbocycles. The summed E-state index contributed by atoms with van der Waals surface area (Å²) in [6, 6.07) is 10.8. The lowest BCUT2D eigenvalue weighted by atomic mass is 10.1. The molecule has 0 saturated heterocycles. The topological polar surface area (TPSA) is 71.7 Å². The minimum Gasteiger partial charge on any atom is -0.497 e. The van der Waals surface area contributed by atoms with Gasteiger partial charge in [-0.2, -0.15) is 0 Å². The van der Waals surface area contributed by atoms with E-state index >= 15 is 0 Å². The van der Waals surface area contributed by atoms with Gasteiger partial charge in [-0.3, -0.25) is 4.79 Å². The number of benzene rings is 2. The quantitative estimate of drug-likeness (QED) is 0.681. The molecule has 126 valence electrons. The predicted molar refractivity (Wildman–Crippen MR) is 94.5 cm³/mol. The lowest BCUT2D eigenvalue weighted by molar-refractivity contribution is 0.238. The SMILES string of the molecule is CC[C@H](CO)NCc1ccc2oc3cc(OC)ccc3c(=O)c2c1. The zero-order valence-corrected chi connectivity index (χ0v) is 13.8. The second-order valence-electron chi connectivity index (χ2n) is 5.79. The molecular formula is C19H21NO4. The van der Waals surface area contributed by atoms with Crippen molar-refractivity contribution >= 4 is 21.9 Å². The van der Waals surface area contributed by atoms with Crippen LogP contribution in [0.25, 0.3) is 21.9 Å². The minimum atomic E-state index is -0.0510. The molecule has 0 fully saturated rings. The molecule has 5 heteroatoms. The van der Waals surface area contributed by atoms with Crippen LogP contribution in [0.4, 0.5) is 0 Å². The van der Waals surface area contributed by atoms with E-state index in [0.29, 0.717) is 34.2 Å². The van der Waals surface area contributed by atoms with Gasteiger partial charge in [-0.05, 0) is 36.2 Å². The van der Waals surface area contributed by atoms with Gasteiger partial charge in [0.25, 0.3) is 0 Å². The molecule has 0 amide bonds. The first-order chi connectivity index (χ1) is 11.7. The molecule has 5 nitrogen and oxygen atoms in total. The van der Waals surface area contributed by atoms with E-state index in [4.69, 9.17) is 9.15 Å². The van der Waals surface area contributed by atoms with E-state index < -0.39 is 0 Å². The third-order valence-corrected chi connectivity index (χ3v) is 4.25. The molecule has 0 spiro atoms. The zero-order chi connectivity index (χ0) is 17.1. The van der Waals surface area contributed by atoms with E-state index in [1.54, 1.807) is 25.3 Å². The fourth-order valence-electron chi connectivity index (χ4n) is 2.72. The molecular weight excluding hydrogens is 306 g/mol. The minimum absolute atomic E-state index is 0.0510. The van der Waals surface area contributed by atoms with Gasteiger partial charge in [-0.25, -0.2) is 0 Å². The Labute approximate surface area is 139 Å². The van der Waals surface area contributed by atoms with Gasteiger partial charge in [0.15, 0.2) is 0 Å². The van der Waals surface area contributed by atoms with E-state index in [2.05, 4.69) is 5.32 Å². The number of hydrogen-bond donors (Lipinski definition) is 2. The number of aliphatic hydroxyl groups excluding tert-OH is 1. The first kappa shape index (κ1) is 16.5. The standard InChI is InChI=1S/C19H21NO4/c1-3-13(11-21)20-10-12-4-7-17-16(8-12)19(22)15-6-5-14(23-2)9-18(15)24-17/h4-9,13,20-21H,3,10-11H2,1-2H3/t13-/m1/s1. The van der Waals surface area contributed by atoms with Crippen LogP contribution in [0.3, 0.4) is 0 Å². The molecule has 3 aromatic rings. The molecule has 0 aliphatic heterocycles. The van der Waals surface area contributed by atoms with Gasteiger partial charge in [-0.15, -0.1) is 0 Å². The molecule has 2 N–H and O–H groups in total. The summed E-state index contributed by atoms with van der Waals surface area (Å²) in [5.74, 6) is 0.653. The van der Waals surface area contributed by atoms with E-state index in [-0.39, 0.29) is 18.1 Å². The van der Waals surface area contributed by atoms with Crippen molar-refractivity contribution < 1.29 is 14.3 Å². The second-order valence-corrected chi connectivity index (χ2v) is 5.79. The van der Waals surface area contributed by atoms with Crippen LogP contribution < -0.4 is 15.5 Å². The van der Waals surface area contributed by atoms with E-state index in [0.717, 1.165) is 12.0 Å². The molecule has 1 aromatic heterocycles. The average Bonchev–Trinajstić information content (AvgIpc) is 2.62. The molecule has 0 aliphatic rings. The van der Waals surface area contributed by atoms with Crippen LogP contribution in [0.2, 0.25) is 0 Å². The van der Waals surface area contributed by atoms with E-state index in [1.807, 2.05) is 25.1 Å². The molecule has 0 unspecified atom stereocenters. The van der Waals surface area contributed by atoms with Crippen LogP contribution in [0.15, 0.2) is 45.6 Å². The molecule has 1 heterocycles. The van der Waals surface area contributed by atoms with Gasteiger partial charge in [0.1, 0.15) is 16.9 Å². The van der Waals surface area contributed by atoms with Crippen molar-refractivity contribution in [3.05, 3.63) is 52.2 Å². The Morgan fingerprint density at radius 2 is 2.00 bits per heavy atom. The van der Waals surface area contributed by atoms with Gasteiger partial charge in [0.05, 0.1) is 24.5 Å². The lowest BCUT2D eigenvalue weighted by Crippen LogP contribution is -2.31. The second kappa shape index (κ2) is 7.03. The maximum absolute atomic E-state index is 12.7. The van der Waals surface area contributed by atoms with Crippen LogP contribution in [-0.2, 0) is 6.54 Å². The maximum atomic E-state index is 12.7. The van der Waals surface area contributed by atoms with Crippen molar-refractivity contribution in [2.45, 2.75) is 25.9 Å². The van der Waals surface area contributed by atoms with Crippen molar-refractivity contribution in [1.29, 1.82) is 0 Å². The van der Waals surface area contributed by atoms with Crippen molar-refractivity contribution in [1.82, 2.24) is 5.32 Å². The molecule has 0 radical (unpaired) electrons. The van der Waals surface area contributed by atoms with Crippen molar-refractivity contribution in [2.75, 3.05) is 13.7 Å². The lowest BCUT2D eigenvalue weighted by Gasteiger charge is -2.14. The van der Waals surface area contributed by atoms with Crippen LogP contribution >= 0.6 is 0 Å². The molecule has 0 bridgehead atoms. The Balaban J connectivity index is 2.01. The third kappa shape index (κ3) is 3.13. The van der Waals surface area contributed by atoms with Crippen molar-refractivity contribution in [2.24, 2.45) is 0 Å². The number of aliphatic hydroxyl groups is 1. The number of hydrogen-bond acceptors (Lipinski definition) is 5. The summed E-state index contributed by atoms with van der Waals surface area (Å²) in [6.45, 7) is 2.71. The van der Waals surface area contributed by atoms with E-state index in [9.17, 15) is 9.90 Å². The number of rotatable bonds is 6. The monoisotopic (exact) mass is 327 g/mol. The summed E-state index contributed by atoms with van der Waals surface area (Å²) in [6.07, 6.45) is 0.846. The number of nitrogens with one attached hydrogen (secondary N) is 1. The number of fused-ring (bicyclic) bond motifs is 2. The molecule has 2 aromatic carbocycles. The summed E-state index contributed by atoms with van der Waals surface area (Å²) in [5.41, 5.74) is 2.00. The Kier molecular flexibility index (Phi) is 4.83. The Morgan fingerprint density at radius 1 is 1.17 bits per heavy atom. The zero-order valence-electron chi connectivity index (χ0n) is 13.8. The van der Waals surface area contributed by atoms with Gasteiger partial charge in [-0.1, -0.05) is 13.0 Å². The van der Waals surface area contributed by atoms with Gasteiger partial charge in [0.2, 0.25) is 5.43 Å². The average molecular weight is 327 g/mol. The number of ether oxygens (including phenoxy) is 1. The van der Waals surface area contributed by atoms with Crippen LogP contribution in [0.1, 0.15) is 18.9 Å². The molecule has 0 aliphatic carbocycles. The first-order valence-electron chi connectivity index (χ1n) is 8.04. The number of methoxy groups -OCH3 is 1. The first-order valence-corrected chi connectivity index (χ1v) is 8.04. The molecule has 1 atom stereocenters. The highest BCUT2D eigenvalue weighted by atomic mass is 16.5. The normalized spacial score (nSPS) is 12.6. The predicted octanol–water partition coefficient (Wildman–Crippen LogP) is 2.82. The van der Waals surface area contributed by atoms with Crippen LogP contribution in [-0.4, -0.2) is 24.9 Å². The Morgan fingerprint density at radius 3 is 2.71 bits per heavy atom. The fourth-order valence-corrected chi connectivity index (χ4v) is 2.72. The highest BCUT2D eigenvalue weighted by Gasteiger charge is 2.10. The smallest absolute Gasteiger partial charge is 0.200 e. The summed E-state index contributed by atoms with van der Waals surface area (Å²) in [7, 11) is 1.58. The van der Waals surface area contributed by atoms with Gasteiger partial charge >= 0.3 is 0 Å².